The smallest absolute Gasteiger partial charge is 0.261 e. The number of nitrogens with one attached hydrogen (secondary N) is 1. The second-order valence-corrected chi connectivity index (χ2v) is 6.84. The molecule has 1 atom stereocenters. The van der Waals surface area contributed by atoms with Crippen LogP contribution in [0.15, 0.2) is 48.5 Å². The van der Waals surface area contributed by atoms with Gasteiger partial charge in [-0.05, 0) is 42.0 Å². The predicted octanol–water partition coefficient (Wildman–Crippen LogP) is 2.55. The van der Waals surface area contributed by atoms with Gasteiger partial charge in [-0.15, -0.1) is 0 Å². The van der Waals surface area contributed by atoms with E-state index in [1.807, 2.05) is 18.2 Å². The minimum absolute atomic E-state index is 0.00640. The Morgan fingerprint density at radius 1 is 1.04 bits per heavy atom. The molecule has 0 saturated carbocycles. The van der Waals surface area contributed by atoms with Crippen molar-refractivity contribution in [1.29, 1.82) is 0 Å². The van der Waals surface area contributed by atoms with Crippen LogP contribution in [-0.2, 0) is 24.2 Å². The molecule has 2 aliphatic rings. The highest BCUT2D eigenvalue weighted by Gasteiger charge is 2.25. The number of para-hydroxylation sites is 1. The minimum Gasteiger partial charge on any atom is -0.480 e. The summed E-state index contributed by atoms with van der Waals surface area (Å²) in [4.78, 5) is 14.8. The highest BCUT2D eigenvalue weighted by molar-refractivity contribution is 5.81. The molecule has 0 radical (unpaired) electrons. The summed E-state index contributed by atoms with van der Waals surface area (Å²) in [6, 6.07) is 16.6. The molecule has 0 bridgehead atoms. The zero-order valence-electron chi connectivity index (χ0n) is 14.4. The molecule has 0 fully saturated rings. The highest BCUT2D eigenvalue weighted by Crippen LogP contribution is 2.27. The standard InChI is InChI=1S/C21H24N2O2/c24-21(20-10-9-17-6-3-4-8-19(17)25-20)22-12-14-23-13-11-16-5-1-2-7-18(16)15-23/h1-8,20H,9-15H2,(H,22,24)/t20-/m1/s1. The molecule has 0 unspecified atom stereocenters. The number of ether oxygens (including phenoxy) is 1. The second-order valence-electron chi connectivity index (χ2n) is 6.84. The molecular weight excluding hydrogens is 312 g/mol. The second kappa shape index (κ2) is 7.28. The van der Waals surface area contributed by atoms with Crippen LogP contribution in [0, 0.1) is 0 Å². The van der Waals surface area contributed by atoms with Crippen LogP contribution in [0.1, 0.15) is 23.1 Å². The number of aryl methyl sites for hydroxylation is 1. The first kappa shape index (κ1) is 16.2. The van der Waals surface area contributed by atoms with Gasteiger partial charge >= 0.3 is 0 Å². The molecule has 1 N–H and O–H groups in total. The zero-order valence-corrected chi connectivity index (χ0v) is 14.4. The lowest BCUT2D eigenvalue weighted by Gasteiger charge is -2.29. The summed E-state index contributed by atoms with van der Waals surface area (Å²) in [5.41, 5.74) is 4.06. The van der Waals surface area contributed by atoms with Crippen LogP contribution in [-0.4, -0.2) is 36.5 Å². The van der Waals surface area contributed by atoms with Crippen molar-refractivity contribution in [3.63, 3.8) is 0 Å². The fourth-order valence-electron chi connectivity index (χ4n) is 3.70. The first-order chi connectivity index (χ1) is 12.3. The van der Waals surface area contributed by atoms with E-state index < -0.39 is 0 Å². The Bertz CT molecular complexity index is 759. The SMILES string of the molecule is O=C(NCCN1CCc2ccccc2C1)[C@H]1CCc2ccccc2O1. The van der Waals surface area contributed by atoms with E-state index >= 15 is 0 Å². The molecule has 2 aliphatic heterocycles. The zero-order chi connectivity index (χ0) is 17.1. The number of rotatable bonds is 4. The topological polar surface area (TPSA) is 41.6 Å². The van der Waals surface area contributed by atoms with Crippen LogP contribution in [0.3, 0.4) is 0 Å². The van der Waals surface area contributed by atoms with Gasteiger partial charge in [-0.2, -0.15) is 0 Å². The molecular formula is C21H24N2O2. The third kappa shape index (κ3) is 3.69. The summed E-state index contributed by atoms with van der Waals surface area (Å²) in [7, 11) is 0. The molecule has 130 valence electrons. The molecule has 2 aromatic rings. The van der Waals surface area contributed by atoms with Gasteiger partial charge in [0.05, 0.1) is 0 Å². The van der Waals surface area contributed by atoms with Gasteiger partial charge in [-0.25, -0.2) is 0 Å². The van der Waals surface area contributed by atoms with Gasteiger partial charge in [0.2, 0.25) is 0 Å². The summed E-state index contributed by atoms with van der Waals surface area (Å²) < 4.78 is 5.86. The molecule has 1 amide bonds. The Balaban J connectivity index is 1.25. The highest BCUT2D eigenvalue weighted by atomic mass is 16.5. The van der Waals surface area contributed by atoms with Gasteiger partial charge in [0.1, 0.15) is 5.75 Å². The molecule has 4 nitrogen and oxygen atoms in total. The summed E-state index contributed by atoms with van der Waals surface area (Å²) in [5, 5.41) is 3.05. The number of benzene rings is 2. The maximum atomic E-state index is 12.4. The molecule has 2 heterocycles. The molecule has 0 saturated heterocycles. The molecule has 0 spiro atoms. The van der Waals surface area contributed by atoms with Gasteiger partial charge < -0.3 is 10.1 Å². The molecule has 25 heavy (non-hydrogen) atoms. The van der Waals surface area contributed by atoms with Crippen LogP contribution in [0.5, 0.6) is 5.75 Å². The Hall–Kier alpha value is -2.33. The number of fused-ring (bicyclic) bond motifs is 2. The number of nitrogens with zero attached hydrogens (tertiary/aromatic N) is 1. The number of amides is 1. The van der Waals surface area contributed by atoms with Gasteiger partial charge in [-0.3, -0.25) is 9.69 Å². The number of hydrogen-bond donors (Lipinski definition) is 1. The quantitative estimate of drug-likeness (QED) is 0.933. The lowest BCUT2D eigenvalue weighted by Crippen LogP contribution is -2.44. The third-order valence-corrected chi connectivity index (χ3v) is 5.15. The Labute approximate surface area is 148 Å². The van der Waals surface area contributed by atoms with E-state index in [4.69, 9.17) is 4.74 Å². The predicted molar refractivity (Wildman–Crippen MR) is 97.6 cm³/mol. The van der Waals surface area contributed by atoms with E-state index in [9.17, 15) is 4.79 Å². The van der Waals surface area contributed by atoms with Crippen molar-refractivity contribution in [3.8, 4) is 5.75 Å². The van der Waals surface area contributed by atoms with E-state index in [-0.39, 0.29) is 12.0 Å². The summed E-state index contributed by atoms with van der Waals surface area (Å²) in [6.45, 7) is 3.57. The first-order valence-electron chi connectivity index (χ1n) is 9.11. The van der Waals surface area contributed by atoms with Crippen LogP contribution >= 0.6 is 0 Å². The van der Waals surface area contributed by atoms with E-state index in [1.165, 1.54) is 16.7 Å². The summed E-state index contributed by atoms with van der Waals surface area (Å²) in [6.07, 6.45) is 2.38. The Kier molecular flexibility index (Phi) is 4.70. The largest absolute Gasteiger partial charge is 0.480 e. The van der Waals surface area contributed by atoms with Gasteiger partial charge in [0, 0.05) is 26.2 Å². The van der Waals surface area contributed by atoms with Crippen LogP contribution in [0.2, 0.25) is 0 Å². The fraction of sp³-hybridized carbons (Fsp3) is 0.381. The Morgan fingerprint density at radius 3 is 2.68 bits per heavy atom. The fourth-order valence-corrected chi connectivity index (χ4v) is 3.70. The molecule has 0 aliphatic carbocycles. The molecule has 4 heteroatoms. The van der Waals surface area contributed by atoms with Crippen molar-refractivity contribution in [3.05, 3.63) is 65.2 Å². The van der Waals surface area contributed by atoms with Gasteiger partial charge in [-0.1, -0.05) is 42.5 Å². The third-order valence-electron chi connectivity index (χ3n) is 5.15. The first-order valence-corrected chi connectivity index (χ1v) is 9.11. The van der Waals surface area contributed by atoms with Crippen molar-refractivity contribution in [2.75, 3.05) is 19.6 Å². The molecule has 4 rings (SSSR count). The maximum absolute atomic E-state index is 12.4. The number of carbonyl (C=O) groups excluding carboxylic acids is 1. The van der Waals surface area contributed by atoms with E-state index in [0.717, 1.165) is 44.6 Å². The number of hydrogen-bond acceptors (Lipinski definition) is 3. The van der Waals surface area contributed by atoms with Crippen molar-refractivity contribution in [1.82, 2.24) is 10.2 Å². The van der Waals surface area contributed by atoms with Gasteiger partial charge in [0.15, 0.2) is 6.10 Å². The van der Waals surface area contributed by atoms with Crippen LogP contribution < -0.4 is 10.1 Å². The van der Waals surface area contributed by atoms with Crippen LogP contribution in [0.25, 0.3) is 0 Å². The maximum Gasteiger partial charge on any atom is 0.261 e. The van der Waals surface area contributed by atoms with Crippen molar-refractivity contribution in [2.24, 2.45) is 0 Å². The van der Waals surface area contributed by atoms with E-state index in [0.29, 0.717) is 6.54 Å². The van der Waals surface area contributed by atoms with Crippen molar-refractivity contribution >= 4 is 5.91 Å². The normalized spacial score (nSPS) is 19.4. The average Bonchev–Trinajstić information content (AvgIpc) is 2.67. The molecule has 2 aromatic carbocycles. The lowest BCUT2D eigenvalue weighted by atomic mass is 10.00. The summed E-state index contributed by atoms with van der Waals surface area (Å²) in [5.74, 6) is 0.855. The van der Waals surface area contributed by atoms with E-state index in [1.54, 1.807) is 0 Å². The Morgan fingerprint density at radius 2 is 1.80 bits per heavy atom. The minimum atomic E-state index is -0.364. The molecule has 0 aromatic heterocycles. The summed E-state index contributed by atoms with van der Waals surface area (Å²) >= 11 is 0. The van der Waals surface area contributed by atoms with E-state index in [2.05, 4.69) is 40.5 Å². The number of carbonyl (C=O) groups is 1. The lowest BCUT2D eigenvalue weighted by molar-refractivity contribution is -0.128. The van der Waals surface area contributed by atoms with Crippen LogP contribution in [0.4, 0.5) is 0 Å². The van der Waals surface area contributed by atoms with Crippen molar-refractivity contribution < 1.29 is 9.53 Å². The van der Waals surface area contributed by atoms with Crippen molar-refractivity contribution in [2.45, 2.75) is 31.9 Å². The van der Waals surface area contributed by atoms with Gasteiger partial charge in [0.25, 0.3) is 5.91 Å². The average molecular weight is 336 g/mol. The monoisotopic (exact) mass is 336 g/mol.